The summed E-state index contributed by atoms with van der Waals surface area (Å²) in [5.74, 6) is 0. The highest BCUT2D eigenvalue weighted by molar-refractivity contribution is 7.26. The van der Waals surface area contributed by atoms with Crippen LogP contribution in [0.4, 0.5) is 0 Å². The first-order valence-corrected chi connectivity index (χ1v) is 19.0. The molecule has 9 aromatic carbocycles. The van der Waals surface area contributed by atoms with E-state index < -0.39 is 0 Å². The van der Waals surface area contributed by atoms with Gasteiger partial charge in [0.05, 0.1) is 0 Å². The summed E-state index contributed by atoms with van der Waals surface area (Å²) in [4.78, 5) is 0. The van der Waals surface area contributed by atoms with E-state index >= 15 is 0 Å². The predicted octanol–water partition coefficient (Wildman–Crippen LogP) is 14.8. The van der Waals surface area contributed by atoms with Crippen LogP contribution in [0.2, 0.25) is 0 Å². The van der Waals surface area contributed by atoms with Gasteiger partial charge in [-0.15, -0.1) is 11.3 Å². The van der Waals surface area contributed by atoms with Gasteiger partial charge in [-0.3, -0.25) is 0 Å². The predicted molar refractivity (Wildman–Crippen MR) is 226 cm³/mol. The molecule has 1 aliphatic carbocycles. The van der Waals surface area contributed by atoms with Crippen molar-refractivity contribution in [1.82, 2.24) is 0 Å². The molecule has 0 fully saturated rings. The summed E-state index contributed by atoms with van der Waals surface area (Å²) in [7, 11) is 0. The summed E-state index contributed by atoms with van der Waals surface area (Å²) < 4.78 is 2.76. The van der Waals surface area contributed by atoms with Crippen molar-refractivity contribution in [2.75, 3.05) is 0 Å². The molecule has 1 aromatic heterocycles. The summed E-state index contributed by atoms with van der Waals surface area (Å²) in [6.07, 6.45) is 0. The lowest BCUT2D eigenvalue weighted by Gasteiger charge is -2.21. The van der Waals surface area contributed by atoms with Crippen LogP contribution < -0.4 is 0 Å². The normalized spacial score (nSPS) is 13.3. The van der Waals surface area contributed by atoms with Crippen molar-refractivity contribution in [1.29, 1.82) is 0 Å². The quantitative estimate of drug-likeness (QED) is 0.163. The number of rotatable bonds is 3. The van der Waals surface area contributed by atoms with Crippen molar-refractivity contribution in [2.24, 2.45) is 0 Å². The van der Waals surface area contributed by atoms with Gasteiger partial charge in [0.2, 0.25) is 0 Å². The Hall–Kier alpha value is -6.02. The highest BCUT2D eigenvalue weighted by atomic mass is 32.1. The molecule has 10 aromatic rings. The fraction of sp³-hybridized carbons (Fsp3) is 0.0588. The number of fused-ring (bicyclic) bond motifs is 10. The minimum atomic E-state index is -0.0431. The smallest absolute Gasteiger partial charge is 0.0437 e. The van der Waals surface area contributed by atoms with Gasteiger partial charge in [0.1, 0.15) is 0 Å². The van der Waals surface area contributed by atoms with E-state index in [1.807, 2.05) is 11.3 Å². The molecule has 0 amide bonds. The summed E-state index contributed by atoms with van der Waals surface area (Å²) in [6, 6.07) is 63.4. The minimum absolute atomic E-state index is 0.0431. The Balaban J connectivity index is 1.06. The van der Waals surface area contributed by atoms with E-state index in [0.29, 0.717) is 0 Å². The third kappa shape index (κ3) is 4.21. The zero-order chi connectivity index (χ0) is 34.6. The molecule has 0 unspecified atom stereocenters. The molecule has 0 saturated heterocycles. The highest BCUT2D eigenvalue weighted by Gasteiger charge is 2.37. The molecular weight excluding hydrogens is 645 g/mol. The average molecular weight is 679 g/mol. The van der Waals surface area contributed by atoms with Crippen LogP contribution >= 0.6 is 11.3 Å². The van der Waals surface area contributed by atoms with E-state index in [0.717, 1.165) is 0 Å². The first-order chi connectivity index (χ1) is 25.5. The van der Waals surface area contributed by atoms with Gasteiger partial charge in [-0.25, -0.2) is 0 Å². The van der Waals surface area contributed by atoms with E-state index in [2.05, 4.69) is 184 Å². The number of hydrogen-bond acceptors (Lipinski definition) is 1. The first kappa shape index (κ1) is 29.7. The van der Waals surface area contributed by atoms with Crippen LogP contribution in [-0.4, -0.2) is 0 Å². The maximum atomic E-state index is 2.45. The molecule has 0 nitrogen and oxygen atoms in total. The zero-order valence-corrected chi connectivity index (χ0v) is 29.9. The lowest BCUT2D eigenvalue weighted by atomic mass is 9.82. The summed E-state index contributed by atoms with van der Waals surface area (Å²) in [5.41, 5.74) is 13.2. The Morgan fingerprint density at radius 1 is 0.365 bits per heavy atom. The van der Waals surface area contributed by atoms with Crippen LogP contribution in [-0.2, 0) is 5.41 Å². The van der Waals surface area contributed by atoms with E-state index in [4.69, 9.17) is 0 Å². The average Bonchev–Trinajstić information content (AvgIpc) is 3.68. The number of benzene rings is 9. The fourth-order valence-corrected chi connectivity index (χ4v) is 10.4. The van der Waals surface area contributed by atoms with Crippen LogP contribution in [0, 0.1) is 0 Å². The second-order valence-corrected chi connectivity index (χ2v) is 15.9. The van der Waals surface area contributed by atoms with Crippen molar-refractivity contribution < 1.29 is 0 Å². The molecule has 0 atom stereocenters. The molecule has 0 saturated carbocycles. The third-order valence-corrected chi connectivity index (χ3v) is 12.9. The summed E-state index contributed by atoms with van der Waals surface area (Å²) >= 11 is 1.93. The Kier molecular flexibility index (Phi) is 6.27. The molecule has 244 valence electrons. The Morgan fingerprint density at radius 3 is 1.62 bits per heavy atom. The van der Waals surface area contributed by atoms with Gasteiger partial charge >= 0.3 is 0 Å². The Labute approximate surface area is 307 Å². The van der Waals surface area contributed by atoms with Crippen LogP contribution in [0.25, 0.3) is 97.0 Å². The van der Waals surface area contributed by atoms with Gasteiger partial charge in [-0.1, -0.05) is 166 Å². The van der Waals surface area contributed by atoms with Gasteiger partial charge in [-0.05, 0) is 101 Å². The second-order valence-electron chi connectivity index (χ2n) is 14.8. The lowest BCUT2D eigenvalue weighted by Crippen LogP contribution is -2.14. The van der Waals surface area contributed by atoms with Crippen molar-refractivity contribution in [3.05, 3.63) is 181 Å². The molecule has 0 bridgehead atoms. The monoisotopic (exact) mass is 678 g/mol. The molecule has 1 heterocycles. The number of thiophene rings is 1. The van der Waals surface area contributed by atoms with Gasteiger partial charge < -0.3 is 0 Å². The van der Waals surface area contributed by atoms with Crippen molar-refractivity contribution in [3.8, 4) is 44.5 Å². The first-order valence-electron chi connectivity index (χ1n) is 18.2. The molecule has 0 N–H and O–H groups in total. The molecule has 52 heavy (non-hydrogen) atoms. The molecule has 0 radical (unpaired) electrons. The van der Waals surface area contributed by atoms with Crippen molar-refractivity contribution >= 4 is 63.8 Å². The minimum Gasteiger partial charge on any atom is -0.135 e. The van der Waals surface area contributed by atoms with E-state index in [9.17, 15) is 0 Å². The van der Waals surface area contributed by atoms with Crippen LogP contribution in [0.1, 0.15) is 25.0 Å². The van der Waals surface area contributed by atoms with Gasteiger partial charge in [0.15, 0.2) is 0 Å². The molecule has 0 aliphatic heterocycles. The maximum Gasteiger partial charge on any atom is 0.0437 e. The number of hydrogen-bond donors (Lipinski definition) is 0. The van der Waals surface area contributed by atoms with Crippen LogP contribution in [0.15, 0.2) is 170 Å². The molecule has 1 aliphatic rings. The zero-order valence-electron chi connectivity index (χ0n) is 29.1. The van der Waals surface area contributed by atoms with E-state index in [1.54, 1.807) is 0 Å². The fourth-order valence-electron chi connectivity index (χ4n) is 9.12. The van der Waals surface area contributed by atoms with E-state index in [1.165, 1.54) is 108 Å². The SMILES string of the molecule is CC1(C)c2ccc(-c3ccc(-c4c5ccccc5c(-c5ccc6ccccc6c5)c5ccccc45)cc3)cc2-c2c1ccc1c2sc2ccccc21. The molecule has 11 rings (SSSR count). The largest absolute Gasteiger partial charge is 0.135 e. The van der Waals surface area contributed by atoms with Gasteiger partial charge in [0.25, 0.3) is 0 Å². The van der Waals surface area contributed by atoms with Crippen molar-refractivity contribution in [3.63, 3.8) is 0 Å². The molecule has 0 spiro atoms. The van der Waals surface area contributed by atoms with Crippen molar-refractivity contribution in [2.45, 2.75) is 19.3 Å². The van der Waals surface area contributed by atoms with Gasteiger partial charge in [-0.2, -0.15) is 0 Å². The maximum absolute atomic E-state index is 2.45. The topological polar surface area (TPSA) is 0 Å². The molecular formula is C51H34S. The van der Waals surface area contributed by atoms with Gasteiger partial charge in [0, 0.05) is 31.2 Å². The Morgan fingerprint density at radius 2 is 0.904 bits per heavy atom. The molecule has 1 heteroatoms. The van der Waals surface area contributed by atoms with Crippen LogP contribution in [0.3, 0.4) is 0 Å². The summed E-state index contributed by atoms with van der Waals surface area (Å²) in [6.45, 7) is 4.76. The standard InChI is InChI=1S/C51H34S/c1-51(2)44-27-25-35(30-43(44)49-45(51)28-26-42-37-13-9-10-18-46(37)52-50(42)49)32-19-22-33(23-20-32)47-38-14-5-7-16-40(38)48(41-17-8-6-15-39(41)47)36-24-21-31-11-3-4-12-34(31)29-36/h3-30H,1-2H3. The lowest BCUT2D eigenvalue weighted by molar-refractivity contribution is 0.661. The second kappa shape index (κ2) is 11.0. The van der Waals surface area contributed by atoms with E-state index in [-0.39, 0.29) is 5.41 Å². The highest BCUT2D eigenvalue weighted by Crippen LogP contribution is 2.54. The Bertz CT molecular complexity index is 3030. The van der Waals surface area contributed by atoms with Crippen LogP contribution in [0.5, 0.6) is 0 Å². The summed E-state index contributed by atoms with van der Waals surface area (Å²) in [5, 5.41) is 10.4. The third-order valence-electron chi connectivity index (χ3n) is 11.7.